The van der Waals surface area contributed by atoms with Crippen molar-refractivity contribution in [3.63, 3.8) is 0 Å². The van der Waals surface area contributed by atoms with Crippen molar-refractivity contribution in [3.8, 4) is 11.6 Å². The van der Waals surface area contributed by atoms with Crippen LogP contribution >= 0.6 is 11.6 Å². The van der Waals surface area contributed by atoms with Crippen molar-refractivity contribution in [2.75, 3.05) is 11.5 Å². The first-order valence-corrected chi connectivity index (χ1v) is 8.35. The van der Waals surface area contributed by atoms with Crippen LogP contribution in [-0.4, -0.2) is 22.9 Å². The molecule has 2 heterocycles. The summed E-state index contributed by atoms with van der Waals surface area (Å²) in [7, 11) is 0. The number of aromatic nitrogens is 2. The molecule has 26 heavy (non-hydrogen) atoms. The van der Waals surface area contributed by atoms with Gasteiger partial charge in [0.25, 0.3) is 0 Å². The van der Waals surface area contributed by atoms with E-state index < -0.39 is 6.09 Å². The van der Waals surface area contributed by atoms with Crippen LogP contribution in [0.25, 0.3) is 0 Å². The van der Waals surface area contributed by atoms with Crippen molar-refractivity contribution in [1.82, 2.24) is 10.2 Å². The Kier molecular flexibility index (Phi) is 4.41. The van der Waals surface area contributed by atoms with Gasteiger partial charge in [0.1, 0.15) is 12.4 Å². The van der Waals surface area contributed by atoms with E-state index in [1.165, 1.54) is 0 Å². The molecular weight excluding hydrogens is 354 g/mol. The van der Waals surface area contributed by atoms with Gasteiger partial charge in [-0.25, -0.2) is 4.79 Å². The highest BCUT2D eigenvalue weighted by atomic mass is 35.5. The number of rotatable bonds is 4. The predicted molar refractivity (Wildman–Crippen MR) is 96.6 cm³/mol. The molecular formula is C19H14ClN3O3. The smallest absolute Gasteiger partial charge is 0.415 e. The molecule has 0 unspecified atom stereocenters. The number of carbonyl (C=O) groups is 1. The Morgan fingerprint density at radius 2 is 1.96 bits per heavy atom. The Labute approximate surface area is 154 Å². The lowest BCUT2D eigenvalue weighted by Gasteiger charge is -2.22. The molecule has 0 N–H and O–H groups in total. The number of benzene rings is 2. The third-order valence-electron chi connectivity index (χ3n) is 3.99. The van der Waals surface area contributed by atoms with E-state index in [1.54, 1.807) is 47.5 Å². The first-order chi connectivity index (χ1) is 12.7. The zero-order chi connectivity index (χ0) is 17.9. The summed E-state index contributed by atoms with van der Waals surface area (Å²) in [6.07, 6.45) is 1.19. The van der Waals surface area contributed by atoms with Crippen molar-refractivity contribution < 1.29 is 14.3 Å². The van der Waals surface area contributed by atoms with Crippen LogP contribution in [0.5, 0.6) is 11.6 Å². The van der Waals surface area contributed by atoms with Gasteiger partial charge in [-0.3, -0.25) is 4.90 Å². The van der Waals surface area contributed by atoms with Crippen LogP contribution in [0.3, 0.4) is 0 Å². The van der Waals surface area contributed by atoms with Gasteiger partial charge >= 0.3 is 6.09 Å². The number of halogens is 1. The Bertz CT molecular complexity index is 919. The summed E-state index contributed by atoms with van der Waals surface area (Å²) >= 11 is 5.94. The third-order valence-corrected chi connectivity index (χ3v) is 4.24. The van der Waals surface area contributed by atoms with Gasteiger partial charge in [-0.15, -0.1) is 5.10 Å². The van der Waals surface area contributed by atoms with Crippen molar-refractivity contribution in [1.29, 1.82) is 0 Å². The van der Waals surface area contributed by atoms with Gasteiger partial charge in [-0.2, -0.15) is 5.10 Å². The van der Waals surface area contributed by atoms with E-state index in [-0.39, 0.29) is 12.6 Å². The maximum absolute atomic E-state index is 12.2. The fraction of sp³-hybridized carbons (Fsp3) is 0.105. The second kappa shape index (κ2) is 7.01. The fourth-order valence-electron chi connectivity index (χ4n) is 2.80. The number of amides is 1. The molecule has 0 spiro atoms. The van der Waals surface area contributed by atoms with Gasteiger partial charge in [0.05, 0.1) is 6.04 Å². The number of hydrogen-bond acceptors (Lipinski definition) is 5. The molecule has 1 aliphatic heterocycles. The van der Waals surface area contributed by atoms with E-state index >= 15 is 0 Å². The molecule has 1 fully saturated rings. The van der Waals surface area contributed by atoms with E-state index in [1.807, 2.05) is 24.3 Å². The number of ether oxygens (including phenoxy) is 2. The maximum Gasteiger partial charge on any atom is 0.415 e. The van der Waals surface area contributed by atoms with Gasteiger partial charge in [0, 0.05) is 23.0 Å². The molecule has 1 saturated heterocycles. The number of anilines is 1. The quantitative estimate of drug-likeness (QED) is 0.673. The predicted octanol–water partition coefficient (Wildman–Crippen LogP) is 4.62. The van der Waals surface area contributed by atoms with Gasteiger partial charge < -0.3 is 9.47 Å². The van der Waals surface area contributed by atoms with E-state index in [9.17, 15) is 4.79 Å². The van der Waals surface area contributed by atoms with Crippen molar-refractivity contribution >= 4 is 23.4 Å². The molecule has 2 aromatic carbocycles. The Morgan fingerprint density at radius 3 is 2.73 bits per heavy atom. The summed E-state index contributed by atoms with van der Waals surface area (Å²) < 4.78 is 11.0. The third kappa shape index (κ3) is 3.32. The van der Waals surface area contributed by atoms with Crippen molar-refractivity contribution in [3.05, 3.63) is 77.4 Å². The fourth-order valence-corrected chi connectivity index (χ4v) is 2.93. The average Bonchev–Trinajstić information content (AvgIpc) is 3.05. The van der Waals surface area contributed by atoms with Crippen LogP contribution in [0, 0.1) is 0 Å². The molecule has 7 heteroatoms. The Hall–Kier alpha value is -3.12. The van der Waals surface area contributed by atoms with Crippen LogP contribution in [0.1, 0.15) is 11.6 Å². The first-order valence-electron chi connectivity index (χ1n) is 7.98. The molecule has 0 bridgehead atoms. The minimum atomic E-state index is -0.391. The van der Waals surface area contributed by atoms with E-state index in [0.717, 1.165) is 11.3 Å². The molecule has 1 aromatic heterocycles. The highest BCUT2D eigenvalue weighted by Gasteiger charge is 2.35. The van der Waals surface area contributed by atoms with E-state index in [0.29, 0.717) is 16.7 Å². The molecule has 4 rings (SSSR count). The molecule has 0 saturated carbocycles. The lowest BCUT2D eigenvalue weighted by molar-refractivity contribution is 0.179. The summed E-state index contributed by atoms with van der Waals surface area (Å²) in [6, 6.07) is 17.8. The standard InChI is InChI=1S/C19H14ClN3O3/c20-14-6-8-15(9-7-14)23-17(12-25-19(23)24)13-3-1-4-16(11-13)26-18-5-2-10-21-22-18/h1-11,17H,12H2/t17-/m1/s1. The average molecular weight is 368 g/mol. The van der Waals surface area contributed by atoms with Crippen LogP contribution in [0.15, 0.2) is 66.9 Å². The Morgan fingerprint density at radius 1 is 1.12 bits per heavy atom. The minimum Gasteiger partial charge on any atom is -0.447 e. The lowest BCUT2D eigenvalue weighted by Crippen LogP contribution is -2.27. The lowest BCUT2D eigenvalue weighted by atomic mass is 10.1. The normalized spacial score (nSPS) is 16.4. The molecule has 0 radical (unpaired) electrons. The van der Waals surface area contributed by atoms with E-state index in [4.69, 9.17) is 21.1 Å². The highest BCUT2D eigenvalue weighted by molar-refractivity contribution is 6.30. The zero-order valence-corrected chi connectivity index (χ0v) is 14.3. The zero-order valence-electron chi connectivity index (χ0n) is 13.6. The molecule has 130 valence electrons. The second-order valence-corrected chi connectivity index (χ2v) is 6.11. The maximum atomic E-state index is 12.2. The molecule has 0 aliphatic carbocycles. The number of carbonyl (C=O) groups excluding carboxylic acids is 1. The van der Waals surface area contributed by atoms with Crippen molar-refractivity contribution in [2.45, 2.75) is 6.04 Å². The molecule has 1 amide bonds. The number of hydrogen-bond donors (Lipinski definition) is 0. The van der Waals surface area contributed by atoms with Gasteiger partial charge in [-0.05, 0) is 48.0 Å². The SMILES string of the molecule is O=C1OC[C@H](c2cccc(Oc3cccnn3)c2)N1c1ccc(Cl)cc1. The van der Waals surface area contributed by atoms with E-state index in [2.05, 4.69) is 10.2 Å². The van der Waals surface area contributed by atoms with Gasteiger partial charge in [-0.1, -0.05) is 23.7 Å². The summed E-state index contributed by atoms with van der Waals surface area (Å²) in [5.41, 5.74) is 1.62. The molecule has 3 aromatic rings. The van der Waals surface area contributed by atoms with Gasteiger partial charge in [0.15, 0.2) is 0 Å². The van der Waals surface area contributed by atoms with Crippen LogP contribution in [0.2, 0.25) is 5.02 Å². The van der Waals surface area contributed by atoms with Crippen LogP contribution < -0.4 is 9.64 Å². The number of cyclic esters (lactones) is 1. The summed E-state index contributed by atoms with van der Waals surface area (Å²) in [4.78, 5) is 13.8. The van der Waals surface area contributed by atoms with Crippen molar-refractivity contribution in [2.24, 2.45) is 0 Å². The first kappa shape index (κ1) is 16.4. The van der Waals surface area contributed by atoms with Crippen LogP contribution in [-0.2, 0) is 4.74 Å². The Balaban J connectivity index is 1.62. The summed E-state index contributed by atoms with van der Waals surface area (Å²) in [5.74, 6) is 1.01. The highest BCUT2D eigenvalue weighted by Crippen LogP contribution is 2.35. The van der Waals surface area contributed by atoms with Crippen LogP contribution in [0.4, 0.5) is 10.5 Å². The largest absolute Gasteiger partial charge is 0.447 e. The van der Waals surface area contributed by atoms with Gasteiger partial charge in [0.2, 0.25) is 5.88 Å². The molecule has 6 nitrogen and oxygen atoms in total. The summed E-state index contributed by atoms with van der Waals surface area (Å²) in [5, 5.41) is 8.31. The second-order valence-electron chi connectivity index (χ2n) is 5.68. The summed E-state index contributed by atoms with van der Waals surface area (Å²) in [6.45, 7) is 0.260. The monoisotopic (exact) mass is 367 g/mol. The molecule has 1 atom stereocenters. The minimum absolute atomic E-state index is 0.255. The topological polar surface area (TPSA) is 64.5 Å². The molecule has 1 aliphatic rings. The number of nitrogens with zero attached hydrogens (tertiary/aromatic N) is 3.